The van der Waals surface area contributed by atoms with E-state index >= 15 is 0 Å². The van der Waals surface area contributed by atoms with E-state index in [1.54, 1.807) is 16.9 Å². The van der Waals surface area contributed by atoms with Gasteiger partial charge in [0.2, 0.25) is 11.8 Å². The lowest BCUT2D eigenvalue weighted by atomic mass is 10.1. The van der Waals surface area contributed by atoms with Crippen LogP contribution >= 0.6 is 10.0 Å². The minimum Gasteiger partial charge on any atom is -0.492 e. The van der Waals surface area contributed by atoms with Crippen molar-refractivity contribution in [2.45, 2.75) is 5.03 Å². The summed E-state index contributed by atoms with van der Waals surface area (Å²) in [5, 5.41) is 16.7. The molecule has 0 bridgehead atoms. The molecule has 0 saturated carbocycles. The highest BCUT2D eigenvalue weighted by Crippen LogP contribution is 2.45. The molecule has 13 heteroatoms. The van der Waals surface area contributed by atoms with Crippen LogP contribution in [0.5, 0.6) is 17.4 Å². The van der Waals surface area contributed by atoms with Crippen molar-refractivity contribution >= 4 is 50.0 Å². The number of nitrogens with zero attached hydrogens (tertiary/aromatic N) is 5. The summed E-state index contributed by atoms with van der Waals surface area (Å²) in [6.45, 7) is 4.84. The summed E-state index contributed by atoms with van der Waals surface area (Å²) in [7, 11) is -1.19. The summed E-state index contributed by atoms with van der Waals surface area (Å²) in [4.78, 5) is 24.8. The van der Waals surface area contributed by atoms with Gasteiger partial charge < -0.3 is 24.8 Å². The molecule has 0 atom stereocenters. The van der Waals surface area contributed by atoms with Crippen molar-refractivity contribution in [3.63, 3.8) is 0 Å². The molecule has 1 aliphatic rings. The number of morpholine rings is 1. The van der Waals surface area contributed by atoms with Gasteiger partial charge in [-0.2, -0.15) is 10.1 Å². The van der Waals surface area contributed by atoms with Crippen LogP contribution in [0.3, 0.4) is 0 Å². The van der Waals surface area contributed by atoms with Crippen LogP contribution in [-0.4, -0.2) is 88.9 Å². The Labute approximate surface area is 304 Å². The fourth-order valence-electron chi connectivity index (χ4n) is 5.71. The molecule has 3 heterocycles. The SMILES string of the molecule is CS(C)(C)c1cc(NC(=O)Nc2ccc(Oc3ccnc(Nc4ccccc4)n3)c3ccccc23)n(-c2ccc(OCCN3CCOCC3)cc2)n1. The standard InChI is InChI=1S/C39H42N8O4S/c1-52(2,3)37-27-35(47(45-37)29-13-15-30(16-14-29)50-26-23-46-21-24-49-25-22-46)43-39(48)42-33-17-18-34(32-12-8-7-11-31(32)33)51-36-19-20-40-38(44-36)41-28-9-5-4-6-10-28/h4-20,27H,21-26H2,1-3H3,(H,40,41,44)(H2,42,43,48). The van der Waals surface area contributed by atoms with Crippen LogP contribution in [0.1, 0.15) is 0 Å². The molecule has 7 rings (SSSR count). The van der Waals surface area contributed by atoms with Crippen LogP contribution in [0.25, 0.3) is 16.5 Å². The first-order valence-electron chi connectivity index (χ1n) is 17.0. The number of hydrogen-bond acceptors (Lipinski definition) is 9. The van der Waals surface area contributed by atoms with E-state index in [9.17, 15) is 4.79 Å². The van der Waals surface area contributed by atoms with Gasteiger partial charge >= 0.3 is 6.03 Å². The number of carbonyl (C=O) groups is 1. The van der Waals surface area contributed by atoms with Crippen LogP contribution < -0.4 is 25.4 Å². The molecule has 0 spiro atoms. The summed E-state index contributed by atoms with van der Waals surface area (Å²) in [5.74, 6) is 2.73. The maximum atomic E-state index is 13.6. The second-order valence-corrected chi connectivity index (χ2v) is 17.1. The van der Waals surface area contributed by atoms with Crippen LogP contribution in [0.4, 0.5) is 27.9 Å². The van der Waals surface area contributed by atoms with Gasteiger partial charge in [-0.3, -0.25) is 10.2 Å². The summed E-state index contributed by atoms with van der Waals surface area (Å²) < 4.78 is 19.5. The number of urea groups is 1. The molecule has 268 valence electrons. The number of aromatic nitrogens is 4. The first kappa shape index (κ1) is 34.8. The third kappa shape index (κ3) is 8.62. The lowest BCUT2D eigenvalue weighted by Gasteiger charge is -2.26. The number of benzene rings is 4. The topological polar surface area (TPSA) is 128 Å². The van der Waals surface area contributed by atoms with E-state index in [0.717, 1.165) is 65.8 Å². The normalized spacial score (nSPS) is 13.8. The summed E-state index contributed by atoms with van der Waals surface area (Å²) in [6.07, 6.45) is 8.16. The highest BCUT2D eigenvalue weighted by Gasteiger charge is 2.20. The summed E-state index contributed by atoms with van der Waals surface area (Å²) in [6, 6.07) is 32.1. The minimum absolute atomic E-state index is 0.384. The van der Waals surface area contributed by atoms with Gasteiger partial charge in [0.05, 0.1) is 24.6 Å². The van der Waals surface area contributed by atoms with E-state index in [0.29, 0.717) is 35.7 Å². The number of ether oxygens (including phenoxy) is 3. The number of anilines is 4. The molecule has 1 saturated heterocycles. The quantitative estimate of drug-likeness (QED) is 0.116. The van der Waals surface area contributed by atoms with E-state index in [2.05, 4.69) is 49.6 Å². The number of carbonyl (C=O) groups excluding carboxylic acids is 1. The van der Waals surface area contributed by atoms with Gasteiger partial charge in [0, 0.05) is 54.4 Å². The Kier molecular flexibility index (Phi) is 10.5. The molecular formula is C39H42N8O4S. The molecule has 0 radical (unpaired) electrons. The van der Waals surface area contributed by atoms with Crippen molar-refractivity contribution in [1.29, 1.82) is 0 Å². The van der Waals surface area contributed by atoms with Crippen LogP contribution in [-0.2, 0) is 4.74 Å². The number of para-hydroxylation sites is 1. The number of fused-ring (bicyclic) bond motifs is 1. The van der Waals surface area contributed by atoms with Gasteiger partial charge in [0.1, 0.15) is 28.9 Å². The van der Waals surface area contributed by atoms with Gasteiger partial charge in [0.15, 0.2) is 0 Å². The Morgan fingerprint density at radius 3 is 2.38 bits per heavy atom. The Hall–Kier alpha value is -5.63. The van der Waals surface area contributed by atoms with E-state index in [-0.39, 0.29) is 0 Å². The van der Waals surface area contributed by atoms with Crippen molar-refractivity contribution < 1.29 is 19.0 Å². The number of nitrogens with one attached hydrogen (secondary N) is 3. The molecule has 6 aromatic rings. The van der Waals surface area contributed by atoms with Crippen molar-refractivity contribution in [3.8, 4) is 23.1 Å². The second kappa shape index (κ2) is 15.7. The van der Waals surface area contributed by atoms with E-state index in [4.69, 9.17) is 19.3 Å². The third-order valence-electron chi connectivity index (χ3n) is 8.42. The van der Waals surface area contributed by atoms with Gasteiger partial charge in [-0.1, -0.05) is 42.5 Å². The highest BCUT2D eigenvalue weighted by atomic mass is 32.3. The fourth-order valence-corrected chi connectivity index (χ4v) is 6.50. The molecule has 12 nitrogen and oxygen atoms in total. The monoisotopic (exact) mass is 718 g/mol. The largest absolute Gasteiger partial charge is 0.492 e. The van der Waals surface area contributed by atoms with Gasteiger partial charge in [0.25, 0.3) is 0 Å². The smallest absolute Gasteiger partial charge is 0.324 e. The molecule has 52 heavy (non-hydrogen) atoms. The summed E-state index contributed by atoms with van der Waals surface area (Å²) in [5.41, 5.74) is 2.31. The molecule has 2 aromatic heterocycles. The predicted molar refractivity (Wildman–Crippen MR) is 208 cm³/mol. The number of amides is 2. The average molecular weight is 719 g/mol. The van der Waals surface area contributed by atoms with E-state index in [1.807, 2.05) is 97.1 Å². The van der Waals surface area contributed by atoms with Crippen molar-refractivity contribution in [3.05, 3.63) is 109 Å². The second-order valence-electron chi connectivity index (χ2n) is 13.0. The Morgan fingerprint density at radius 2 is 1.62 bits per heavy atom. The number of rotatable bonds is 12. The number of hydrogen-bond donors (Lipinski definition) is 3. The van der Waals surface area contributed by atoms with Crippen LogP contribution in [0.15, 0.2) is 114 Å². The van der Waals surface area contributed by atoms with E-state index < -0.39 is 16.1 Å². The first-order chi connectivity index (χ1) is 25.3. The molecular weight excluding hydrogens is 677 g/mol. The molecule has 1 aliphatic heterocycles. The van der Waals surface area contributed by atoms with Crippen LogP contribution in [0.2, 0.25) is 0 Å². The molecule has 0 unspecified atom stereocenters. The van der Waals surface area contributed by atoms with Gasteiger partial charge in [-0.05, 0) is 67.3 Å². The highest BCUT2D eigenvalue weighted by molar-refractivity contribution is 8.32. The molecule has 0 aliphatic carbocycles. The zero-order chi connectivity index (χ0) is 35.9. The molecule has 2 amide bonds. The lowest BCUT2D eigenvalue weighted by Crippen LogP contribution is -2.38. The van der Waals surface area contributed by atoms with Crippen molar-refractivity contribution in [2.24, 2.45) is 0 Å². The predicted octanol–water partition coefficient (Wildman–Crippen LogP) is 7.76. The lowest BCUT2D eigenvalue weighted by molar-refractivity contribution is 0.0322. The third-order valence-corrected chi connectivity index (χ3v) is 9.88. The average Bonchev–Trinajstić information content (AvgIpc) is 3.58. The zero-order valence-corrected chi connectivity index (χ0v) is 30.2. The minimum atomic E-state index is -1.19. The van der Waals surface area contributed by atoms with Gasteiger partial charge in [-0.25, -0.2) is 24.5 Å². The first-order valence-corrected chi connectivity index (χ1v) is 19.9. The molecule has 3 N–H and O–H groups in total. The van der Waals surface area contributed by atoms with Crippen molar-refractivity contribution in [1.82, 2.24) is 24.6 Å². The Balaban J connectivity index is 1.05. The molecule has 4 aromatic carbocycles. The fraction of sp³-hybridized carbons (Fsp3) is 0.231. The molecule has 1 fully saturated rings. The van der Waals surface area contributed by atoms with E-state index in [1.165, 1.54) is 0 Å². The zero-order valence-electron chi connectivity index (χ0n) is 29.4. The maximum absolute atomic E-state index is 13.6. The maximum Gasteiger partial charge on any atom is 0.324 e. The Bertz CT molecular complexity index is 2130. The summed E-state index contributed by atoms with van der Waals surface area (Å²) >= 11 is 0. The Morgan fingerprint density at radius 1 is 0.865 bits per heavy atom. The van der Waals surface area contributed by atoms with Gasteiger partial charge in [-0.15, -0.1) is 0 Å². The van der Waals surface area contributed by atoms with Crippen LogP contribution in [0, 0.1) is 0 Å². The van der Waals surface area contributed by atoms with Crippen molar-refractivity contribution in [2.75, 3.05) is 74.2 Å².